The van der Waals surface area contributed by atoms with Crippen molar-refractivity contribution in [2.75, 3.05) is 34.4 Å². The number of esters is 2. The molecule has 0 radical (unpaired) electrons. The van der Waals surface area contributed by atoms with Gasteiger partial charge in [0, 0.05) is 36.8 Å². The predicted octanol–water partition coefficient (Wildman–Crippen LogP) is 3.36. The van der Waals surface area contributed by atoms with Crippen LogP contribution in [0, 0.1) is 29.6 Å². The summed E-state index contributed by atoms with van der Waals surface area (Å²) in [6.07, 6.45) is -2.50. The molecule has 0 aromatic carbocycles. The number of rotatable bonds is 5. The van der Waals surface area contributed by atoms with Gasteiger partial charge in [0.2, 0.25) is 0 Å². The number of cyclic esters (lactones) is 1. The van der Waals surface area contributed by atoms with Crippen molar-refractivity contribution in [3.8, 4) is 0 Å². The SMILES string of the molecule is CC[C@H]1OC(=O)[C@H](C)[C@H]2OCC(=O)CO[C@](C)(C[C@@H](C)C(=O)C(C)[C@@H]3CC(=O)O[C@]13C)[C@H](O[C@@H]1O[C@H](C)C[C@H](N(C)C)[C@H]1OC)[C@H]2C. The molecule has 0 spiro atoms. The topological polar surface area (TPSA) is 136 Å². The van der Waals surface area contributed by atoms with Crippen molar-refractivity contribution in [3.05, 3.63) is 0 Å². The fraction of sp³-hybridized carbons (Fsp3) is 0.886. The molecule has 47 heavy (non-hydrogen) atoms. The Bertz CT molecular complexity index is 1160. The van der Waals surface area contributed by atoms with Gasteiger partial charge >= 0.3 is 11.9 Å². The van der Waals surface area contributed by atoms with Crippen molar-refractivity contribution < 1.29 is 52.3 Å². The van der Waals surface area contributed by atoms with Gasteiger partial charge < -0.3 is 38.1 Å². The highest BCUT2D eigenvalue weighted by Gasteiger charge is 2.57. The molecule has 4 fully saturated rings. The molecule has 4 aliphatic rings. The minimum absolute atomic E-state index is 0.00840. The number of fused-ring (bicyclic) bond motifs is 4. The van der Waals surface area contributed by atoms with Gasteiger partial charge in [-0.2, -0.15) is 0 Å². The molecular formula is C35H57NO11. The summed E-state index contributed by atoms with van der Waals surface area (Å²) in [6, 6.07) is -0.00840. The van der Waals surface area contributed by atoms with E-state index >= 15 is 0 Å². The Morgan fingerprint density at radius 2 is 1.66 bits per heavy atom. The molecule has 0 aliphatic carbocycles. The molecule has 2 bridgehead atoms. The number of hydrogen-bond donors (Lipinski definition) is 0. The second-order valence-corrected chi connectivity index (χ2v) is 15.0. The van der Waals surface area contributed by atoms with Crippen LogP contribution in [0.15, 0.2) is 0 Å². The van der Waals surface area contributed by atoms with E-state index in [1.165, 1.54) is 0 Å². The Morgan fingerprint density at radius 3 is 2.28 bits per heavy atom. The van der Waals surface area contributed by atoms with E-state index in [0.717, 1.165) is 6.42 Å². The molecule has 0 aromatic heterocycles. The minimum Gasteiger partial charge on any atom is -0.458 e. The zero-order chi connectivity index (χ0) is 35.0. The molecule has 268 valence electrons. The van der Waals surface area contributed by atoms with E-state index in [0.29, 0.717) is 6.42 Å². The van der Waals surface area contributed by atoms with Gasteiger partial charge in [0.05, 0.1) is 36.3 Å². The van der Waals surface area contributed by atoms with Gasteiger partial charge in [-0.05, 0) is 61.1 Å². The smallest absolute Gasteiger partial charge is 0.311 e. The first-order chi connectivity index (χ1) is 22.0. The van der Waals surface area contributed by atoms with Gasteiger partial charge in [-0.25, -0.2) is 0 Å². The molecule has 4 heterocycles. The molecule has 12 nitrogen and oxygen atoms in total. The average Bonchev–Trinajstić information content (AvgIpc) is 3.34. The van der Waals surface area contributed by atoms with Crippen LogP contribution in [-0.4, -0.2) is 117 Å². The highest BCUT2D eigenvalue weighted by Crippen LogP contribution is 2.46. The standard InChI is InChI=1S/C35H57NO11/c1-12-26-35(8)24(14-27(38)47-35)20(4)28(39)18(2)15-34(7)31(46-33-30(41-11)25(36(9)10)13-19(3)44-33)21(5)29(22(6)32(40)45-26)42-16-23(37)17-43-34/h18-22,24-26,29-31,33H,12-17H2,1-11H3/t18-,19-,20?,21+,22-,24+,25+,26-,29+,30-,31-,33+,34-,35+/m1/s1. The normalized spacial score (nSPS) is 45.8. The third-order valence-corrected chi connectivity index (χ3v) is 11.2. The third kappa shape index (κ3) is 7.62. The lowest BCUT2D eigenvalue weighted by Crippen LogP contribution is -2.60. The number of ketones is 2. The van der Waals surface area contributed by atoms with Crippen LogP contribution in [0.4, 0.5) is 0 Å². The Labute approximate surface area is 279 Å². The molecule has 1 unspecified atom stereocenters. The van der Waals surface area contributed by atoms with Gasteiger partial charge in [0.1, 0.15) is 36.8 Å². The van der Waals surface area contributed by atoms with Crippen LogP contribution >= 0.6 is 0 Å². The Morgan fingerprint density at radius 1 is 0.979 bits per heavy atom. The largest absolute Gasteiger partial charge is 0.458 e. The second kappa shape index (κ2) is 14.9. The molecule has 4 aliphatic heterocycles. The Hall–Kier alpha value is -1.96. The average molecular weight is 668 g/mol. The van der Waals surface area contributed by atoms with Crippen LogP contribution in [0.2, 0.25) is 0 Å². The molecule has 0 aromatic rings. The van der Waals surface area contributed by atoms with E-state index in [1.807, 2.05) is 55.6 Å². The summed E-state index contributed by atoms with van der Waals surface area (Å²) in [6.45, 7) is 14.2. The van der Waals surface area contributed by atoms with Gasteiger partial charge in [-0.1, -0.05) is 27.7 Å². The van der Waals surface area contributed by atoms with Gasteiger partial charge in [-0.3, -0.25) is 19.2 Å². The Kier molecular flexibility index (Phi) is 12.0. The van der Waals surface area contributed by atoms with Crippen molar-refractivity contribution in [2.24, 2.45) is 29.6 Å². The van der Waals surface area contributed by atoms with Crippen LogP contribution in [0.25, 0.3) is 0 Å². The molecule has 0 N–H and O–H groups in total. The number of Topliss-reactive ketones (excluding diaryl/α,β-unsaturated/α-hetero) is 2. The maximum absolute atomic E-state index is 14.2. The highest BCUT2D eigenvalue weighted by atomic mass is 16.7. The lowest BCUT2D eigenvalue weighted by molar-refractivity contribution is -0.305. The van der Waals surface area contributed by atoms with Gasteiger partial charge in [-0.15, -0.1) is 0 Å². The summed E-state index contributed by atoms with van der Waals surface area (Å²) in [5, 5.41) is 0. The minimum atomic E-state index is -1.20. The van der Waals surface area contributed by atoms with Crippen molar-refractivity contribution in [1.29, 1.82) is 0 Å². The van der Waals surface area contributed by atoms with Crippen LogP contribution < -0.4 is 0 Å². The van der Waals surface area contributed by atoms with E-state index in [4.69, 9.17) is 33.2 Å². The zero-order valence-corrected chi connectivity index (χ0v) is 30.1. The molecular weight excluding hydrogens is 610 g/mol. The van der Waals surface area contributed by atoms with Crippen LogP contribution in [-0.2, 0) is 52.3 Å². The summed E-state index contributed by atoms with van der Waals surface area (Å²) in [5.74, 6) is -4.38. The number of carbonyl (C=O) groups excluding carboxylic acids is 4. The lowest BCUT2D eigenvalue weighted by atomic mass is 9.70. The highest BCUT2D eigenvalue weighted by molar-refractivity contribution is 5.85. The summed E-state index contributed by atoms with van der Waals surface area (Å²) < 4.78 is 44.0. The fourth-order valence-corrected chi connectivity index (χ4v) is 8.59. The zero-order valence-electron chi connectivity index (χ0n) is 30.1. The van der Waals surface area contributed by atoms with Crippen LogP contribution in [0.5, 0.6) is 0 Å². The molecule has 4 saturated heterocycles. The van der Waals surface area contributed by atoms with Crippen LogP contribution in [0.1, 0.15) is 81.1 Å². The summed E-state index contributed by atoms with van der Waals surface area (Å²) >= 11 is 0. The molecule has 0 saturated carbocycles. The maximum atomic E-state index is 14.2. The molecule has 14 atom stereocenters. The Balaban J connectivity index is 1.84. The fourth-order valence-electron chi connectivity index (χ4n) is 8.59. The first kappa shape index (κ1) is 37.9. The maximum Gasteiger partial charge on any atom is 0.311 e. The van der Waals surface area contributed by atoms with Crippen molar-refractivity contribution in [2.45, 2.75) is 135 Å². The predicted molar refractivity (Wildman–Crippen MR) is 170 cm³/mol. The number of likely N-dealkylation sites (N-methyl/N-ethyl adjacent to an activating group) is 1. The van der Waals surface area contributed by atoms with E-state index < -0.39 is 83.4 Å². The van der Waals surface area contributed by atoms with E-state index in [9.17, 15) is 19.2 Å². The quantitative estimate of drug-likeness (QED) is 0.398. The summed E-state index contributed by atoms with van der Waals surface area (Å²) in [5.41, 5.74) is -2.39. The van der Waals surface area contributed by atoms with E-state index in [-0.39, 0.29) is 49.8 Å². The summed E-state index contributed by atoms with van der Waals surface area (Å²) in [7, 11) is 5.60. The number of carbonyl (C=O) groups is 4. The number of hydrogen-bond acceptors (Lipinski definition) is 12. The molecule has 4 rings (SSSR count). The first-order valence-corrected chi connectivity index (χ1v) is 17.2. The number of nitrogens with zero attached hydrogens (tertiary/aromatic N) is 1. The number of methoxy groups -OCH3 is 1. The first-order valence-electron chi connectivity index (χ1n) is 17.2. The second-order valence-electron chi connectivity index (χ2n) is 15.0. The summed E-state index contributed by atoms with van der Waals surface area (Å²) in [4.78, 5) is 56.1. The van der Waals surface area contributed by atoms with E-state index in [2.05, 4.69) is 4.90 Å². The monoisotopic (exact) mass is 667 g/mol. The molecule has 0 amide bonds. The van der Waals surface area contributed by atoms with Crippen LogP contribution in [0.3, 0.4) is 0 Å². The van der Waals surface area contributed by atoms with E-state index in [1.54, 1.807) is 21.0 Å². The number of ether oxygens (including phenoxy) is 7. The lowest BCUT2D eigenvalue weighted by Gasteiger charge is -2.49. The van der Waals surface area contributed by atoms with Crippen molar-refractivity contribution in [1.82, 2.24) is 4.90 Å². The van der Waals surface area contributed by atoms with Crippen molar-refractivity contribution >= 4 is 23.5 Å². The van der Waals surface area contributed by atoms with Crippen molar-refractivity contribution in [3.63, 3.8) is 0 Å². The van der Waals surface area contributed by atoms with Gasteiger partial charge in [0.15, 0.2) is 12.1 Å². The third-order valence-electron chi connectivity index (χ3n) is 11.2. The molecule has 12 heteroatoms. The van der Waals surface area contributed by atoms with Gasteiger partial charge in [0.25, 0.3) is 0 Å².